The van der Waals surface area contributed by atoms with Gasteiger partial charge in [-0.25, -0.2) is 4.98 Å². The molecule has 1 N–H and O–H groups in total. The molecule has 0 aliphatic carbocycles. The van der Waals surface area contributed by atoms with Gasteiger partial charge in [0.2, 0.25) is 0 Å². The highest BCUT2D eigenvalue weighted by molar-refractivity contribution is 7.09. The maximum atomic E-state index is 11.1. The van der Waals surface area contributed by atoms with Gasteiger partial charge in [0.15, 0.2) is 0 Å². The van der Waals surface area contributed by atoms with Crippen molar-refractivity contribution in [2.75, 3.05) is 12.4 Å². The minimum absolute atomic E-state index is 0.00974. The van der Waals surface area contributed by atoms with Gasteiger partial charge in [0.25, 0.3) is 5.69 Å². The second kappa shape index (κ2) is 5.87. The van der Waals surface area contributed by atoms with Gasteiger partial charge < -0.3 is 10.1 Å². The molecule has 0 fully saturated rings. The first kappa shape index (κ1) is 14.3. The number of hydrogen-bond acceptors (Lipinski definition) is 6. The van der Waals surface area contributed by atoms with Crippen LogP contribution in [-0.4, -0.2) is 17.0 Å². The van der Waals surface area contributed by atoms with E-state index < -0.39 is 4.92 Å². The van der Waals surface area contributed by atoms with Crippen LogP contribution in [0, 0.1) is 17.0 Å². The Balaban J connectivity index is 2.26. The van der Waals surface area contributed by atoms with Crippen LogP contribution in [0.25, 0.3) is 0 Å². The summed E-state index contributed by atoms with van der Waals surface area (Å²) >= 11 is 1.53. The molecule has 0 aliphatic heterocycles. The van der Waals surface area contributed by atoms with Crippen molar-refractivity contribution >= 4 is 22.7 Å². The highest BCUT2D eigenvalue weighted by Gasteiger charge is 2.18. The van der Waals surface area contributed by atoms with Crippen LogP contribution in [0.5, 0.6) is 5.75 Å². The summed E-state index contributed by atoms with van der Waals surface area (Å²) in [5, 5.41) is 17.1. The average Bonchev–Trinajstić information content (AvgIpc) is 2.85. The normalized spacial score (nSPS) is 11.9. The third kappa shape index (κ3) is 3.05. The van der Waals surface area contributed by atoms with Gasteiger partial charge in [-0.05, 0) is 26.0 Å². The maximum Gasteiger partial charge on any atom is 0.296 e. The number of methoxy groups -OCH3 is 1. The van der Waals surface area contributed by atoms with Crippen molar-refractivity contribution in [3.63, 3.8) is 0 Å². The Bertz CT molecular complexity index is 627. The molecule has 20 heavy (non-hydrogen) atoms. The topological polar surface area (TPSA) is 77.3 Å². The zero-order valence-electron chi connectivity index (χ0n) is 11.4. The van der Waals surface area contributed by atoms with Crippen molar-refractivity contribution in [1.82, 2.24) is 4.98 Å². The molecule has 1 heterocycles. The lowest BCUT2D eigenvalue weighted by Crippen LogP contribution is -2.08. The lowest BCUT2D eigenvalue weighted by Gasteiger charge is -2.13. The van der Waals surface area contributed by atoms with E-state index in [9.17, 15) is 10.1 Å². The predicted molar refractivity (Wildman–Crippen MR) is 78.5 cm³/mol. The van der Waals surface area contributed by atoms with Crippen LogP contribution >= 0.6 is 11.3 Å². The van der Waals surface area contributed by atoms with E-state index in [-0.39, 0.29) is 11.7 Å². The van der Waals surface area contributed by atoms with Gasteiger partial charge in [-0.2, -0.15) is 0 Å². The van der Waals surface area contributed by atoms with Crippen molar-refractivity contribution in [1.29, 1.82) is 0 Å². The van der Waals surface area contributed by atoms with Crippen molar-refractivity contribution < 1.29 is 9.66 Å². The van der Waals surface area contributed by atoms with Crippen molar-refractivity contribution in [3.05, 3.63) is 44.4 Å². The summed E-state index contributed by atoms with van der Waals surface area (Å²) in [6.45, 7) is 3.84. The number of aryl methyl sites for hydroxylation is 1. The third-order valence-corrected chi connectivity index (χ3v) is 3.93. The number of nitrogens with zero attached hydrogens (tertiary/aromatic N) is 2. The Kier molecular flexibility index (Phi) is 4.19. The fraction of sp³-hybridized carbons (Fsp3) is 0.308. The molecule has 1 unspecified atom stereocenters. The van der Waals surface area contributed by atoms with Crippen LogP contribution in [0.4, 0.5) is 11.4 Å². The summed E-state index contributed by atoms with van der Waals surface area (Å²) in [7, 11) is 1.48. The standard InChI is InChI=1S/C13H15N3O3S/c1-8-7-20-13(14-8)9(2)15-11-5-4-10(19-3)6-12(11)16(17)18/h4-7,9,15H,1-3H3. The largest absolute Gasteiger partial charge is 0.496 e. The third-order valence-electron chi connectivity index (χ3n) is 2.78. The van der Waals surface area contributed by atoms with Gasteiger partial charge >= 0.3 is 0 Å². The first-order valence-corrected chi connectivity index (χ1v) is 6.90. The molecule has 0 spiro atoms. The number of anilines is 1. The van der Waals surface area contributed by atoms with E-state index in [2.05, 4.69) is 10.3 Å². The molecule has 1 aromatic carbocycles. The number of aromatic nitrogens is 1. The number of ether oxygens (including phenoxy) is 1. The van der Waals surface area contributed by atoms with Crippen LogP contribution in [0.3, 0.4) is 0 Å². The van der Waals surface area contributed by atoms with Gasteiger partial charge in [0, 0.05) is 11.1 Å². The van der Waals surface area contributed by atoms with Gasteiger partial charge in [-0.15, -0.1) is 11.3 Å². The molecular formula is C13H15N3O3S. The molecule has 106 valence electrons. The molecule has 2 rings (SSSR count). The van der Waals surface area contributed by atoms with Crippen LogP contribution in [0.1, 0.15) is 23.7 Å². The van der Waals surface area contributed by atoms with Gasteiger partial charge in [0.05, 0.1) is 24.1 Å². The van der Waals surface area contributed by atoms with Crippen molar-refractivity contribution in [2.24, 2.45) is 0 Å². The molecule has 1 atom stereocenters. The maximum absolute atomic E-state index is 11.1. The average molecular weight is 293 g/mol. The van der Waals surface area contributed by atoms with Crippen LogP contribution in [0.2, 0.25) is 0 Å². The van der Waals surface area contributed by atoms with E-state index in [1.807, 2.05) is 19.2 Å². The van der Waals surface area contributed by atoms with Gasteiger partial charge in [-0.1, -0.05) is 0 Å². The zero-order chi connectivity index (χ0) is 14.7. The van der Waals surface area contributed by atoms with E-state index in [0.717, 1.165) is 10.7 Å². The highest BCUT2D eigenvalue weighted by atomic mass is 32.1. The van der Waals surface area contributed by atoms with E-state index in [4.69, 9.17) is 4.74 Å². The first-order chi connectivity index (χ1) is 9.51. The quantitative estimate of drug-likeness (QED) is 0.674. The van der Waals surface area contributed by atoms with Crippen molar-refractivity contribution in [3.8, 4) is 5.75 Å². The number of nitro benzene ring substituents is 1. The minimum atomic E-state index is -0.426. The second-order valence-electron chi connectivity index (χ2n) is 4.33. The SMILES string of the molecule is COc1ccc(NC(C)c2nc(C)cs2)c([N+](=O)[O-])c1. The highest BCUT2D eigenvalue weighted by Crippen LogP contribution is 2.32. The Hall–Kier alpha value is -2.15. The molecule has 6 nitrogen and oxygen atoms in total. The lowest BCUT2D eigenvalue weighted by atomic mass is 10.2. The molecule has 0 amide bonds. The predicted octanol–water partition coefficient (Wildman–Crippen LogP) is 3.54. The number of rotatable bonds is 5. The fourth-order valence-electron chi connectivity index (χ4n) is 1.78. The molecule has 0 aliphatic rings. The van der Waals surface area contributed by atoms with Gasteiger partial charge in [0.1, 0.15) is 16.4 Å². The molecule has 1 aromatic heterocycles. The molecule has 7 heteroatoms. The monoisotopic (exact) mass is 293 g/mol. The summed E-state index contributed by atoms with van der Waals surface area (Å²) in [4.78, 5) is 15.1. The molecule has 0 saturated heterocycles. The summed E-state index contributed by atoms with van der Waals surface area (Å²) < 4.78 is 5.01. The number of benzene rings is 1. The second-order valence-corrected chi connectivity index (χ2v) is 5.22. The zero-order valence-corrected chi connectivity index (χ0v) is 12.2. The van der Waals surface area contributed by atoms with Crippen molar-refractivity contribution in [2.45, 2.75) is 19.9 Å². The Labute approximate surface area is 120 Å². The number of nitrogens with one attached hydrogen (secondary N) is 1. The van der Waals surface area contributed by atoms with E-state index in [0.29, 0.717) is 11.4 Å². The Morgan fingerprint density at radius 3 is 2.80 bits per heavy atom. The molecule has 0 bridgehead atoms. The molecule has 0 saturated carbocycles. The Morgan fingerprint density at radius 1 is 1.50 bits per heavy atom. The first-order valence-electron chi connectivity index (χ1n) is 6.02. The minimum Gasteiger partial charge on any atom is -0.496 e. The van der Waals surface area contributed by atoms with Crippen LogP contribution in [-0.2, 0) is 0 Å². The molecule has 2 aromatic rings. The summed E-state index contributed by atoms with van der Waals surface area (Å²) in [5.74, 6) is 0.458. The lowest BCUT2D eigenvalue weighted by molar-refractivity contribution is -0.384. The number of nitro groups is 1. The molecule has 0 radical (unpaired) electrons. The summed E-state index contributed by atoms with van der Waals surface area (Å²) in [6, 6.07) is 4.64. The Morgan fingerprint density at radius 2 is 2.25 bits per heavy atom. The number of thiazole rings is 1. The van der Waals surface area contributed by atoms with Crippen LogP contribution in [0.15, 0.2) is 23.6 Å². The van der Waals surface area contributed by atoms with Crippen LogP contribution < -0.4 is 10.1 Å². The van der Waals surface area contributed by atoms with E-state index in [1.54, 1.807) is 12.1 Å². The smallest absolute Gasteiger partial charge is 0.296 e. The molecular weight excluding hydrogens is 278 g/mol. The fourth-order valence-corrected chi connectivity index (χ4v) is 2.58. The summed E-state index contributed by atoms with van der Waals surface area (Å²) in [5.41, 5.74) is 1.39. The summed E-state index contributed by atoms with van der Waals surface area (Å²) in [6.07, 6.45) is 0. The number of hydrogen-bond donors (Lipinski definition) is 1. The van der Waals surface area contributed by atoms with E-state index in [1.165, 1.54) is 24.5 Å². The van der Waals surface area contributed by atoms with Gasteiger partial charge in [-0.3, -0.25) is 10.1 Å². The van der Waals surface area contributed by atoms with E-state index >= 15 is 0 Å².